The van der Waals surface area contributed by atoms with Crippen molar-refractivity contribution in [1.82, 2.24) is 19.8 Å². The number of urea groups is 1. The molecule has 0 aliphatic carbocycles. The third-order valence-electron chi connectivity index (χ3n) is 3.94. The maximum absolute atomic E-state index is 12.5. The Morgan fingerprint density at radius 2 is 1.95 bits per heavy atom. The van der Waals surface area contributed by atoms with Crippen LogP contribution in [0, 0.1) is 5.92 Å². The first-order valence-electron chi connectivity index (χ1n) is 7.64. The van der Waals surface area contributed by atoms with Gasteiger partial charge in [0.2, 0.25) is 5.95 Å². The van der Waals surface area contributed by atoms with Crippen molar-refractivity contribution in [3.8, 4) is 0 Å². The number of piperazine rings is 1. The monoisotopic (exact) mass is 306 g/mol. The van der Waals surface area contributed by atoms with E-state index in [1.54, 1.807) is 12.4 Å². The Morgan fingerprint density at radius 1 is 1.32 bits per heavy atom. The lowest BCUT2D eigenvalue weighted by Gasteiger charge is -2.42. The topological polar surface area (TPSA) is 64.6 Å². The van der Waals surface area contributed by atoms with Gasteiger partial charge in [-0.3, -0.25) is 0 Å². The van der Waals surface area contributed by atoms with Crippen LogP contribution in [0.15, 0.2) is 12.4 Å². The van der Waals surface area contributed by atoms with E-state index in [-0.39, 0.29) is 12.1 Å². The summed E-state index contributed by atoms with van der Waals surface area (Å²) in [5.74, 6) is 1.04. The molecule has 1 aliphatic rings. The fraction of sp³-hybridized carbons (Fsp3) is 0.667. The number of rotatable bonds is 3. The minimum atomic E-state index is -0.0759. The van der Waals surface area contributed by atoms with E-state index in [4.69, 9.17) is 0 Å². The fourth-order valence-electron chi connectivity index (χ4n) is 2.59. The van der Waals surface area contributed by atoms with Gasteiger partial charge in [0.25, 0.3) is 0 Å². The number of aromatic nitrogens is 2. The Bertz CT molecular complexity index is 501. The molecule has 7 heteroatoms. The highest BCUT2D eigenvalue weighted by atomic mass is 16.2. The molecule has 122 valence electrons. The summed E-state index contributed by atoms with van der Waals surface area (Å²) < 4.78 is 0. The number of hydrogen-bond acceptors (Lipinski definition) is 5. The van der Waals surface area contributed by atoms with Gasteiger partial charge in [0.05, 0.1) is 18.1 Å². The summed E-state index contributed by atoms with van der Waals surface area (Å²) in [5, 5.41) is 2.90. The van der Waals surface area contributed by atoms with Crippen molar-refractivity contribution in [2.75, 3.05) is 51.0 Å². The van der Waals surface area contributed by atoms with Crippen LogP contribution in [0.2, 0.25) is 0 Å². The highest BCUT2D eigenvalue weighted by Gasteiger charge is 2.31. The van der Waals surface area contributed by atoms with Gasteiger partial charge in [0, 0.05) is 39.8 Å². The molecule has 1 aromatic heterocycles. The molecular weight excluding hydrogens is 280 g/mol. The van der Waals surface area contributed by atoms with Crippen molar-refractivity contribution >= 4 is 17.7 Å². The molecule has 0 unspecified atom stereocenters. The van der Waals surface area contributed by atoms with Gasteiger partial charge in [-0.15, -0.1) is 0 Å². The maximum atomic E-state index is 12.5. The van der Waals surface area contributed by atoms with Crippen molar-refractivity contribution in [2.24, 2.45) is 5.92 Å². The molecular formula is C15H26N6O. The van der Waals surface area contributed by atoms with Gasteiger partial charge in [-0.2, -0.15) is 0 Å². The molecule has 2 amide bonds. The molecule has 0 spiro atoms. The minimum absolute atomic E-state index is 0.0759. The van der Waals surface area contributed by atoms with Crippen LogP contribution in [-0.2, 0) is 0 Å². The largest absolute Gasteiger partial charge is 0.347 e. The predicted octanol–water partition coefficient (Wildman–Crippen LogP) is 1.35. The smallest absolute Gasteiger partial charge is 0.322 e. The molecule has 1 aliphatic heterocycles. The molecule has 0 bridgehead atoms. The maximum Gasteiger partial charge on any atom is 0.322 e. The van der Waals surface area contributed by atoms with Crippen molar-refractivity contribution < 1.29 is 4.79 Å². The number of nitrogens with one attached hydrogen (secondary N) is 1. The Morgan fingerprint density at radius 3 is 2.50 bits per heavy atom. The van der Waals surface area contributed by atoms with Gasteiger partial charge >= 0.3 is 6.03 Å². The fourth-order valence-corrected chi connectivity index (χ4v) is 2.59. The van der Waals surface area contributed by atoms with Crippen LogP contribution in [0.5, 0.6) is 0 Å². The van der Waals surface area contributed by atoms with E-state index in [1.807, 2.05) is 23.9 Å². The quantitative estimate of drug-likeness (QED) is 0.913. The van der Waals surface area contributed by atoms with Crippen LogP contribution in [0.4, 0.5) is 16.4 Å². The lowest BCUT2D eigenvalue weighted by Crippen LogP contribution is -2.57. The first-order valence-corrected chi connectivity index (χ1v) is 7.64. The lowest BCUT2D eigenvalue weighted by molar-refractivity contribution is 0.0922. The number of amides is 2. The SMILES string of the molecule is CC(C)[C@@H]1CN(C)CCN1C(=O)Nc1cnc(N(C)C)nc1. The van der Waals surface area contributed by atoms with E-state index < -0.39 is 0 Å². The van der Waals surface area contributed by atoms with Crippen LogP contribution in [0.25, 0.3) is 0 Å². The normalized spacial score (nSPS) is 19.4. The molecule has 1 aromatic rings. The van der Waals surface area contributed by atoms with Crippen LogP contribution >= 0.6 is 0 Å². The van der Waals surface area contributed by atoms with Crippen molar-refractivity contribution in [2.45, 2.75) is 19.9 Å². The van der Waals surface area contributed by atoms with Crippen LogP contribution < -0.4 is 10.2 Å². The van der Waals surface area contributed by atoms with Gasteiger partial charge in [-0.1, -0.05) is 13.8 Å². The summed E-state index contributed by atoms with van der Waals surface area (Å²) in [6, 6.07) is 0.147. The number of hydrogen-bond donors (Lipinski definition) is 1. The first kappa shape index (κ1) is 16.5. The molecule has 0 radical (unpaired) electrons. The second-order valence-corrected chi connectivity index (χ2v) is 6.36. The molecule has 1 saturated heterocycles. The van der Waals surface area contributed by atoms with E-state index in [2.05, 4.69) is 41.1 Å². The summed E-state index contributed by atoms with van der Waals surface area (Å²) >= 11 is 0. The molecule has 1 fully saturated rings. The number of carbonyl (C=O) groups excluding carboxylic acids is 1. The predicted molar refractivity (Wildman–Crippen MR) is 88.2 cm³/mol. The molecule has 0 saturated carbocycles. The zero-order chi connectivity index (χ0) is 16.3. The van der Waals surface area contributed by atoms with Gasteiger partial charge in [0.1, 0.15) is 0 Å². The van der Waals surface area contributed by atoms with Gasteiger partial charge in [-0.25, -0.2) is 14.8 Å². The zero-order valence-electron chi connectivity index (χ0n) is 14.1. The molecule has 1 atom stereocenters. The Labute approximate surface area is 132 Å². The van der Waals surface area contributed by atoms with Gasteiger partial charge in [-0.05, 0) is 13.0 Å². The third-order valence-corrected chi connectivity index (χ3v) is 3.94. The van der Waals surface area contributed by atoms with Crippen LogP contribution in [-0.4, -0.2) is 72.6 Å². The Balaban J connectivity index is 2.04. The average molecular weight is 306 g/mol. The molecule has 0 aromatic carbocycles. The summed E-state index contributed by atoms with van der Waals surface area (Å²) in [5.41, 5.74) is 0.622. The Hall–Kier alpha value is -1.89. The highest BCUT2D eigenvalue weighted by Crippen LogP contribution is 2.18. The third kappa shape index (κ3) is 3.85. The second-order valence-electron chi connectivity index (χ2n) is 6.36. The van der Waals surface area contributed by atoms with Crippen LogP contribution in [0.1, 0.15) is 13.8 Å². The summed E-state index contributed by atoms with van der Waals surface area (Å²) in [6.07, 6.45) is 3.28. The highest BCUT2D eigenvalue weighted by molar-refractivity contribution is 5.89. The standard InChI is InChI=1S/C15H26N6O/c1-11(2)13-10-20(5)6-7-21(13)15(22)18-12-8-16-14(17-9-12)19(3)4/h8-9,11,13H,6-7,10H2,1-5H3,(H,18,22)/t13-/m0/s1. The van der Waals surface area contributed by atoms with E-state index >= 15 is 0 Å². The molecule has 2 heterocycles. The van der Waals surface area contributed by atoms with Crippen LogP contribution in [0.3, 0.4) is 0 Å². The minimum Gasteiger partial charge on any atom is -0.347 e. The molecule has 1 N–H and O–H groups in total. The first-order chi connectivity index (χ1) is 10.4. The van der Waals surface area contributed by atoms with Crippen molar-refractivity contribution in [3.05, 3.63) is 12.4 Å². The molecule has 22 heavy (non-hydrogen) atoms. The lowest BCUT2D eigenvalue weighted by atomic mass is 10.0. The van der Waals surface area contributed by atoms with E-state index in [9.17, 15) is 4.79 Å². The summed E-state index contributed by atoms with van der Waals surface area (Å²) in [4.78, 5) is 27.0. The van der Waals surface area contributed by atoms with E-state index in [1.165, 1.54) is 0 Å². The second kappa shape index (κ2) is 6.91. The molecule has 2 rings (SSSR count). The zero-order valence-corrected chi connectivity index (χ0v) is 14.1. The van der Waals surface area contributed by atoms with E-state index in [0.29, 0.717) is 17.6 Å². The summed E-state index contributed by atoms with van der Waals surface area (Å²) in [6.45, 7) is 6.84. The number of nitrogens with zero attached hydrogens (tertiary/aromatic N) is 5. The summed E-state index contributed by atoms with van der Waals surface area (Å²) in [7, 11) is 5.86. The molecule has 7 nitrogen and oxygen atoms in total. The van der Waals surface area contributed by atoms with Crippen molar-refractivity contribution in [1.29, 1.82) is 0 Å². The van der Waals surface area contributed by atoms with E-state index in [0.717, 1.165) is 19.6 Å². The van der Waals surface area contributed by atoms with Crippen molar-refractivity contribution in [3.63, 3.8) is 0 Å². The number of likely N-dealkylation sites (N-methyl/N-ethyl adjacent to an activating group) is 1. The van der Waals surface area contributed by atoms with Gasteiger partial charge < -0.3 is 20.0 Å². The van der Waals surface area contributed by atoms with Gasteiger partial charge in [0.15, 0.2) is 0 Å². The Kier molecular flexibility index (Phi) is 5.18. The average Bonchev–Trinajstić information content (AvgIpc) is 2.47. The number of carbonyl (C=O) groups is 1. The number of anilines is 2.